The van der Waals surface area contributed by atoms with E-state index in [1.165, 1.54) is 10.9 Å². The molecule has 0 aliphatic carbocycles. The van der Waals surface area contributed by atoms with Gasteiger partial charge in [-0.05, 0) is 47.1 Å². The zero-order chi connectivity index (χ0) is 20.1. The van der Waals surface area contributed by atoms with Crippen LogP contribution in [0.5, 0.6) is 5.75 Å². The summed E-state index contributed by atoms with van der Waals surface area (Å²) in [7, 11) is 0. The third kappa shape index (κ3) is 4.09. The van der Waals surface area contributed by atoms with E-state index in [0.29, 0.717) is 17.0 Å². The van der Waals surface area contributed by atoms with E-state index in [4.69, 9.17) is 16.2 Å². The summed E-state index contributed by atoms with van der Waals surface area (Å²) in [4.78, 5) is 22.9. The lowest BCUT2D eigenvalue weighted by Crippen LogP contribution is -2.20. The van der Waals surface area contributed by atoms with Crippen LogP contribution in [0, 0.1) is 6.92 Å². The number of benzene rings is 1. The van der Waals surface area contributed by atoms with E-state index in [9.17, 15) is 9.59 Å². The highest BCUT2D eigenvalue weighted by Gasteiger charge is 2.20. The normalized spacial score (nSPS) is 10.9. The van der Waals surface area contributed by atoms with Crippen molar-refractivity contribution in [3.63, 3.8) is 0 Å². The van der Waals surface area contributed by atoms with Crippen molar-refractivity contribution in [3.8, 4) is 11.6 Å². The van der Waals surface area contributed by atoms with Crippen LogP contribution in [0.2, 0.25) is 0 Å². The minimum atomic E-state index is -0.573. The van der Waals surface area contributed by atoms with Crippen LogP contribution in [0.1, 0.15) is 21.7 Å². The first-order valence-electron chi connectivity index (χ1n) is 7.81. The van der Waals surface area contributed by atoms with E-state index >= 15 is 0 Å². The van der Waals surface area contributed by atoms with Crippen LogP contribution in [-0.4, -0.2) is 49.9 Å². The summed E-state index contributed by atoms with van der Waals surface area (Å²) in [6.45, 7) is 1.40. The van der Waals surface area contributed by atoms with Gasteiger partial charge in [-0.3, -0.25) is 9.59 Å². The maximum atomic E-state index is 12.2. The van der Waals surface area contributed by atoms with E-state index in [2.05, 4.69) is 35.8 Å². The molecule has 28 heavy (non-hydrogen) atoms. The fourth-order valence-electron chi connectivity index (χ4n) is 2.10. The SMILES string of the molecule is Cc1c(C(=O)N/N=C/c2ccc(OCC(N)=O)cc2)nnn1-c1nonc1N. The van der Waals surface area contributed by atoms with Gasteiger partial charge in [-0.25, -0.2) is 10.1 Å². The summed E-state index contributed by atoms with van der Waals surface area (Å²) in [5.74, 6) is -0.513. The Morgan fingerprint density at radius 3 is 2.71 bits per heavy atom. The second kappa shape index (κ2) is 7.94. The van der Waals surface area contributed by atoms with Gasteiger partial charge in [0, 0.05) is 0 Å². The van der Waals surface area contributed by atoms with Gasteiger partial charge in [0.1, 0.15) is 5.75 Å². The van der Waals surface area contributed by atoms with Crippen molar-refractivity contribution < 1.29 is 19.0 Å². The highest BCUT2D eigenvalue weighted by Crippen LogP contribution is 2.14. The Bertz CT molecular complexity index is 1020. The zero-order valence-corrected chi connectivity index (χ0v) is 14.6. The topological polar surface area (TPSA) is 189 Å². The number of nitrogens with two attached hydrogens (primary N) is 2. The number of nitrogens with zero attached hydrogens (tertiary/aromatic N) is 6. The van der Waals surface area contributed by atoms with Crippen LogP contribution < -0.4 is 21.6 Å². The summed E-state index contributed by atoms with van der Waals surface area (Å²) < 4.78 is 10.9. The summed E-state index contributed by atoms with van der Waals surface area (Å²) in [6, 6.07) is 6.65. The molecule has 0 bridgehead atoms. The highest BCUT2D eigenvalue weighted by atomic mass is 16.6. The number of nitrogen functional groups attached to an aromatic ring is 1. The second-order valence-corrected chi connectivity index (χ2v) is 5.43. The number of rotatable bonds is 7. The predicted octanol–water partition coefficient (Wildman–Crippen LogP) is -0.831. The molecular weight excluding hydrogens is 370 g/mol. The number of aromatic nitrogens is 5. The molecule has 5 N–H and O–H groups in total. The molecule has 1 aromatic carbocycles. The number of hydrazone groups is 1. The number of hydrogen-bond donors (Lipinski definition) is 3. The third-order valence-corrected chi connectivity index (χ3v) is 3.45. The van der Waals surface area contributed by atoms with Gasteiger partial charge in [0.05, 0.1) is 11.9 Å². The second-order valence-electron chi connectivity index (χ2n) is 5.43. The zero-order valence-electron chi connectivity index (χ0n) is 14.6. The van der Waals surface area contributed by atoms with Gasteiger partial charge >= 0.3 is 0 Å². The van der Waals surface area contributed by atoms with Crippen molar-refractivity contribution in [2.45, 2.75) is 6.92 Å². The fraction of sp³-hybridized carbons (Fsp3) is 0.133. The van der Waals surface area contributed by atoms with Crippen molar-refractivity contribution in [2.24, 2.45) is 10.8 Å². The number of anilines is 1. The Hall–Kier alpha value is -4.29. The third-order valence-electron chi connectivity index (χ3n) is 3.45. The molecule has 144 valence electrons. The number of hydrogen-bond acceptors (Lipinski definition) is 10. The van der Waals surface area contributed by atoms with E-state index in [1.54, 1.807) is 31.2 Å². The van der Waals surface area contributed by atoms with Crippen molar-refractivity contribution in [1.29, 1.82) is 0 Å². The molecule has 0 saturated heterocycles. The first-order valence-corrected chi connectivity index (χ1v) is 7.81. The average Bonchev–Trinajstić information content (AvgIpc) is 3.26. The van der Waals surface area contributed by atoms with Gasteiger partial charge in [-0.2, -0.15) is 9.78 Å². The van der Waals surface area contributed by atoms with Crippen molar-refractivity contribution in [3.05, 3.63) is 41.2 Å². The number of nitrogens with one attached hydrogen (secondary N) is 1. The quantitative estimate of drug-likeness (QED) is 0.344. The van der Waals surface area contributed by atoms with Crippen LogP contribution in [-0.2, 0) is 4.79 Å². The molecule has 0 atom stereocenters. The minimum Gasteiger partial charge on any atom is -0.484 e. The molecule has 0 aliphatic heterocycles. The van der Waals surface area contributed by atoms with Crippen molar-refractivity contribution in [1.82, 2.24) is 30.7 Å². The lowest BCUT2D eigenvalue weighted by atomic mass is 10.2. The Kier molecular flexibility index (Phi) is 5.25. The van der Waals surface area contributed by atoms with Crippen molar-refractivity contribution in [2.75, 3.05) is 12.3 Å². The molecule has 2 amide bonds. The largest absolute Gasteiger partial charge is 0.484 e. The van der Waals surface area contributed by atoms with Crippen LogP contribution in [0.4, 0.5) is 5.82 Å². The first-order chi connectivity index (χ1) is 13.5. The number of ether oxygens (including phenoxy) is 1. The molecule has 0 unspecified atom stereocenters. The van der Waals surface area contributed by atoms with Gasteiger partial charge in [-0.1, -0.05) is 5.21 Å². The smallest absolute Gasteiger partial charge is 0.293 e. The number of primary amides is 1. The van der Waals surface area contributed by atoms with Crippen LogP contribution in [0.3, 0.4) is 0 Å². The van der Waals surface area contributed by atoms with E-state index < -0.39 is 11.8 Å². The molecule has 2 aromatic heterocycles. The number of amides is 2. The Labute approximate surface area is 157 Å². The summed E-state index contributed by atoms with van der Waals surface area (Å²) in [6.07, 6.45) is 1.43. The first kappa shape index (κ1) is 18.5. The summed E-state index contributed by atoms with van der Waals surface area (Å²) >= 11 is 0. The van der Waals surface area contributed by atoms with Gasteiger partial charge in [0.15, 0.2) is 12.3 Å². The van der Waals surface area contributed by atoms with E-state index in [1.807, 2.05) is 0 Å². The molecular formula is C15H15N9O4. The number of carbonyl (C=O) groups is 2. The maximum absolute atomic E-state index is 12.2. The summed E-state index contributed by atoms with van der Waals surface area (Å²) in [5, 5.41) is 18.5. The molecule has 0 saturated carbocycles. The van der Waals surface area contributed by atoms with Crippen molar-refractivity contribution >= 4 is 23.8 Å². The molecule has 3 rings (SSSR count). The van der Waals surface area contributed by atoms with Gasteiger partial charge < -0.3 is 16.2 Å². The monoisotopic (exact) mass is 385 g/mol. The molecule has 13 heteroatoms. The predicted molar refractivity (Wildman–Crippen MR) is 94.6 cm³/mol. The molecule has 0 spiro atoms. The standard InChI is InChI=1S/C15H15N9O4/c1-8-12(19-23-24(8)14-13(17)21-28-22-14)15(26)20-18-6-9-2-4-10(5-3-9)27-7-11(16)25/h2-6H,7H2,1H3,(H2,16,25)(H2,17,21)(H,20,26)/b18-6+. The average molecular weight is 385 g/mol. The highest BCUT2D eigenvalue weighted by molar-refractivity contribution is 5.94. The molecule has 3 aromatic rings. The lowest BCUT2D eigenvalue weighted by Gasteiger charge is -2.03. The van der Waals surface area contributed by atoms with E-state index in [-0.39, 0.29) is 23.9 Å². The van der Waals surface area contributed by atoms with Gasteiger partial charge in [0.25, 0.3) is 11.8 Å². The van der Waals surface area contributed by atoms with E-state index in [0.717, 1.165) is 0 Å². The molecule has 0 fully saturated rings. The fourth-order valence-corrected chi connectivity index (χ4v) is 2.10. The van der Waals surface area contributed by atoms with Crippen LogP contribution in [0.15, 0.2) is 34.0 Å². The van der Waals surface area contributed by atoms with Gasteiger partial charge in [0.2, 0.25) is 11.6 Å². The van der Waals surface area contributed by atoms with Crippen LogP contribution >= 0.6 is 0 Å². The van der Waals surface area contributed by atoms with Gasteiger partial charge in [-0.15, -0.1) is 5.10 Å². The molecule has 2 heterocycles. The lowest BCUT2D eigenvalue weighted by molar-refractivity contribution is -0.119. The molecule has 0 aliphatic rings. The Balaban J connectivity index is 1.62. The molecule has 0 radical (unpaired) electrons. The summed E-state index contributed by atoms with van der Waals surface area (Å²) in [5.41, 5.74) is 14.1. The Morgan fingerprint density at radius 2 is 2.07 bits per heavy atom. The molecule has 13 nitrogen and oxygen atoms in total. The Morgan fingerprint density at radius 1 is 1.32 bits per heavy atom. The number of carbonyl (C=O) groups excluding carboxylic acids is 2. The minimum absolute atomic E-state index is 0.0150. The maximum Gasteiger partial charge on any atom is 0.293 e. The van der Waals surface area contributed by atoms with Crippen LogP contribution in [0.25, 0.3) is 5.82 Å².